The number of benzene rings is 1. The van der Waals surface area contributed by atoms with Crippen molar-refractivity contribution in [3.05, 3.63) is 50.8 Å². The smallest absolute Gasteiger partial charge is 0.278 e. The number of hydrogen-bond donors (Lipinski definition) is 1. The Balaban J connectivity index is 2.41. The van der Waals surface area contributed by atoms with Crippen LogP contribution in [0, 0.1) is 11.8 Å². The minimum absolute atomic E-state index is 0.191. The molecule has 0 radical (unpaired) electrons. The zero-order valence-corrected chi connectivity index (χ0v) is 14.5. The van der Waals surface area contributed by atoms with Gasteiger partial charge in [-0.1, -0.05) is 28.9 Å². The molecule has 1 aromatic carbocycles. The third-order valence-electron chi connectivity index (χ3n) is 3.56. The fraction of sp³-hybridized carbons (Fsp3) is 0.333. The van der Waals surface area contributed by atoms with Crippen LogP contribution in [0.2, 0.25) is 0 Å². The summed E-state index contributed by atoms with van der Waals surface area (Å²) in [6, 6.07) is 2.94. The Morgan fingerprint density at radius 2 is 2.13 bits per heavy atom. The molecule has 23 heavy (non-hydrogen) atoms. The lowest BCUT2D eigenvalue weighted by atomic mass is 10.0. The van der Waals surface area contributed by atoms with Crippen LogP contribution in [0.1, 0.15) is 34.1 Å². The molecule has 1 aromatic heterocycles. The molecular weight excluding hydrogens is 372 g/mol. The minimum atomic E-state index is -0.900. The van der Waals surface area contributed by atoms with Gasteiger partial charge in [0.05, 0.1) is 12.8 Å². The quantitative estimate of drug-likeness (QED) is 0.801. The summed E-state index contributed by atoms with van der Waals surface area (Å²) in [4.78, 5) is 16.9. The number of rotatable bonds is 5. The summed E-state index contributed by atoms with van der Waals surface area (Å²) < 4.78 is 28.2. The van der Waals surface area contributed by atoms with Crippen LogP contribution < -0.4 is 0 Å². The average Bonchev–Trinajstić information content (AvgIpc) is 2.89. The average molecular weight is 388 g/mol. The summed E-state index contributed by atoms with van der Waals surface area (Å²) in [6.07, 6.45) is 0.708. The van der Waals surface area contributed by atoms with Gasteiger partial charge >= 0.3 is 0 Å². The van der Waals surface area contributed by atoms with Gasteiger partial charge in [0.15, 0.2) is 0 Å². The molecular formula is C15H16BrF2N3O2. The van der Waals surface area contributed by atoms with Crippen molar-refractivity contribution in [2.45, 2.75) is 19.8 Å². The summed E-state index contributed by atoms with van der Waals surface area (Å²) in [5.41, 5.74) is 1.36. The van der Waals surface area contributed by atoms with E-state index in [1.807, 2.05) is 6.92 Å². The molecule has 0 spiro atoms. The lowest BCUT2D eigenvalue weighted by molar-refractivity contribution is -0.0760. The molecule has 8 heteroatoms. The lowest BCUT2D eigenvalue weighted by Gasteiger charge is -2.14. The maximum atomic E-state index is 13.9. The van der Waals surface area contributed by atoms with E-state index in [1.54, 1.807) is 6.07 Å². The molecule has 0 saturated carbocycles. The summed E-state index contributed by atoms with van der Waals surface area (Å²) >= 11 is 3.37. The van der Waals surface area contributed by atoms with Crippen molar-refractivity contribution in [2.75, 3.05) is 14.2 Å². The standard InChI is InChI=1S/C15H16BrF2N3O2/c1-4-9-10(17)6-5-8(13(9)16)7-11-12(14(18)20-19-11)15(22)21(2)23-3/h5-6H,4,7H2,1-3H3,(H,19,20). The van der Waals surface area contributed by atoms with Gasteiger partial charge in [-0.15, -0.1) is 5.10 Å². The zero-order chi connectivity index (χ0) is 17.1. The lowest BCUT2D eigenvalue weighted by Crippen LogP contribution is -2.26. The highest BCUT2D eigenvalue weighted by Gasteiger charge is 2.24. The second kappa shape index (κ2) is 7.18. The van der Waals surface area contributed by atoms with Crippen LogP contribution in [-0.2, 0) is 17.7 Å². The second-order valence-corrected chi connectivity index (χ2v) is 5.68. The third-order valence-corrected chi connectivity index (χ3v) is 4.55. The molecule has 0 atom stereocenters. The second-order valence-electron chi connectivity index (χ2n) is 4.88. The van der Waals surface area contributed by atoms with Crippen molar-refractivity contribution in [3.8, 4) is 0 Å². The molecule has 0 fully saturated rings. The van der Waals surface area contributed by atoms with Crippen LogP contribution in [0.5, 0.6) is 0 Å². The Bertz CT molecular complexity index is 734. The highest BCUT2D eigenvalue weighted by Crippen LogP contribution is 2.28. The molecule has 0 aliphatic rings. The van der Waals surface area contributed by atoms with Crippen molar-refractivity contribution in [2.24, 2.45) is 0 Å². The normalized spacial score (nSPS) is 10.9. The molecule has 0 aliphatic heterocycles. The Labute approximate surface area is 140 Å². The van der Waals surface area contributed by atoms with Crippen molar-refractivity contribution in [3.63, 3.8) is 0 Å². The van der Waals surface area contributed by atoms with Crippen molar-refractivity contribution < 1.29 is 18.4 Å². The van der Waals surface area contributed by atoms with E-state index in [0.717, 1.165) is 10.6 Å². The first-order valence-corrected chi connectivity index (χ1v) is 7.70. The van der Waals surface area contributed by atoms with Crippen molar-refractivity contribution in [1.29, 1.82) is 0 Å². The van der Waals surface area contributed by atoms with E-state index >= 15 is 0 Å². The molecule has 1 amide bonds. The zero-order valence-electron chi connectivity index (χ0n) is 12.9. The largest absolute Gasteiger partial charge is 0.283 e. The number of hydrogen-bond acceptors (Lipinski definition) is 3. The predicted molar refractivity (Wildman–Crippen MR) is 83.9 cm³/mol. The Kier molecular flexibility index (Phi) is 5.48. The number of amides is 1. The summed E-state index contributed by atoms with van der Waals surface area (Å²) in [5, 5.41) is 6.89. The Morgan fingerprint density at radius 3 is 2.74 bits per heavy atom. The molecule has 2 aromatic rings. The maximum absolute atomic E-state index is 13.9. The van der Waals surface area contributed by atoms with Gasteiger partial charge in [0.1, 0.15) is 11.4 Å². The van der Waals surface area contributed by atoms with Crippen LogP contribution in [0.25, 0.3) is 0 Å². The topological polar surface area (TPSA) is 58.2 Å². The van der Waals surface area contributed by atoms with Crippen LogP contribution >= 0.6 is 15.9 Å². The molecule has 0 bridgehead atoms. The van der Waals surface area contributed by atoms with E-state index < -0.39 is 11.9 Å². The summed E-state index contributed by atoms with van der Waals surface area (Å²) in [6.45, 7) is 1.84. The van der Waals surface area contributed by atoms with Gasteiger partial charge in [0.25, 0.3) is 5.91 Å². The van der Waals surface area contributed by atoms with E-state index in [4.69, 9.17) is 4.84 Å². The fourth-order valence-corrected chi connectivity index (χ4v) is 2.98. The SMILES string of the molecule is CCc1c(F)ccc(Cc2[nH]nc(F)c2C(=O)N(C)OC)c1Br. The first kappa shape index (κ1) is 17.6. The van der Waals surface area contributed by atoms with Gasteiger partial charge in [-0.2, -0.15) is 4.39 Å². The number of carbonyl (C=O) groups is 1. The molecule has 124 valence electrons. The van der Waals surface area contributed by atoms with E-state index in [2.05, 4.69) is 26.1 Å². The highest BCUT2D eigenvalue weighted by molar-refractivity contribution is 9.10. The van der Waals surface area contributed by atoms with E-state index in [0.29, 0.717) is 22.2 Å². The summed E-state index contributed by atoms with van der Waals surface area (Å²) in [5.74, 6) is -1.86. The fourth-order valence-electron chi connectivity index (χ4n) is 2.24. The van der Waals surface area contributed by atoms with Crippen LogP contribution in [0.15, 0.2) is 16.6 Å². The number of H-pyrrole nitrogens is 1. The molecule has 1 heterocycles. The van der Waals surface area contributed by atoms with Gasteiger partial charge in [-0.25, -0.2) is 9.45 Å². The number of nitrogens with one attached hydrogen (secondary N) is 1. The monoisotopic (exact) mass is 387 g/mol. The Hall–Kier alpha value is -1.80. The highest BCUT2D eigenvalue weighted by atomic mass is 79.9. The first-order valence-electron chi connectivity index (χ1n) is 6.91. The van der Waals surface area contributed by atoms with Gasteiger partial charge in [-0.3, -0.25) is 14.7 Å². The summed E-state index contributed by atoms with van der Waals surface area (Å²) in [7, 11) is 2.68. The van der Waals surface area contributed by atoms with Crippen molar-refractivity contribution in [1.82, 2.24) is 15.3 Å². The number of halogens is 3. The van der Waals surface area contributed by atoms with Crippen molar-refractivity contribution >= 4 is 21.8 Å². The minimum Gasteiger partial charge on any atom is -0.278 e. The number of nitrogens with zero attached hydrogens (tertiary/aromatic N) is 2. The van der Waals surface area contributed by atoms with Gasteiger partial charge in [0.2, 0.25) is 5.95 Å². The maximum Gasteiger partial charge on any atom is 0.283 e. The van der Waals surface area contributed by atoms with Gasteiger partial charge < -0.3 is 0 Å². The number of carbonyl (C=O) groups excluding carboxylic acids is 1. The molecule has 0 unspecified atom stereocenters. The van der Waals surface area contributed by atoms with E-state index in [1.165, 1.54) is 20.2 Å². The molecule has 0 saturated heterocycles. The number of aromatic nitrogens is 2. The van der Waals surface area contributed by atoms with Crippen LogP contribution in [-0.4, -0.2) is 35.3 Å². The molecule has 2 rings (SSSR count). The third kappa shape index (κ3) is 3.42. The predicted octanol–water partition coefficient (Wildman–Crippen LogP) is 3.24. The van der Waals surface area contributed by atoms with Crippen LogP contribution in [0.3, 0.4) is 0 Å². The van der Waals surface area contributed by atoms with E-state index in [9.17, 15) is 13.6 Å². The van der Waals surface area contributed by atoms with E-state index in [-0.39, 0.29) is 17.8 Å². The first-order chi connectivity index (χ1) is 10.9. The number of aromatic amines is 1. The molecule has 1 N–H and O–H groups in total. The molecule has 0 aliphatic carbocycles. The van der Waals surface area contributed by atoms with Gasteiger partial charge in [-0.05, 0) is 18.1 Å². The Morgan fingerprint density at radius 1 is 1.43 bits per heavy atom. The molecule has 5 nitrogen and oxygen atoms in total. The van der Waals surface area contributed by atoms with Crippen LogP contribution in [0.4, 0.5) is 8.78 Å². The number of hydroxylamine groups is 2. The van der Waals surface area contributed by atoms with Gasteiger partial charge in [0, 0.05) is 23.5 Å².